The summed E-state index contributed by atoms with van der Waals surface area (Å²) in [4.78, 5) is 4.34. The van der Waals surface area contributed by atoms with E-state index in [1.165, 1.54) is 0 Å². The topological polar surface area (TPSA) is 67.6 Å². The highest BCUT2D eigenvalue weighted by Crippen LogP contribution is 2.40. The lowest BCUT2D eigenvalue weighted by Gasteiger charge is -2.07. The number of fused-ring (bicyclic) bond motifs is 1. The van der Waals surface area contributed by atoms with E-state index < -0.39 is 5.92 Å². The molecule has 1 atom stereocenters. The second kappa shape index (κ2) is 5.40. The van der Waals surface area contributed by atoms with Gasteiger partial charge in [0.15, 0.2) is 5.82 Å². The number of H-pyrrole nitrogens is 1. The molecule has 0 aliphatic heterocycles. The zero-order chi connectivity index (χ0) is 15.9. The Balaban J connectivity index is 1.43. The third-order valence-corrected chi connectivity index (χ3v) is 4.35. The number of nitrogens with one attached hydrogen (secondary N) is 1. The zero-order valence-electron chi connectivity index (χ0n) is 12.4. The van der Waals surface area contributed by atoms with E-state index >= 15 is 0 Å². The SMILES string of the molecule is FC1(F)CC[C@H](Cc2nc(Cc3ccc4cn[nH]c4c3)no2)C1. The lowest BCUT2D eigenvalue weighted by atomic mass is 10.0. The molecule has 0 amide bonds. The largest absolute Gasteiger partial charge is 0.339 e. The molecule has 7 heteroatoms. The Kier molecular flexibility index (Phi) is 3.36. The van der Waals surface area contributed by atoms with Gasteiger partial charge in [-0.05, 0) is 24.0 Å². The van der Waals surface area contributed by atoms with E-state index in [-0.39, 0.29) is 18.8 Å². The van der Waals surface area contributed by atoms with Crippen molar-refractivity contribution >= 4 is 10.9 Å². The lowest BCUT2D eigenvalue weighted by molar-refractivity contribution is 0.00483. The third kappa shape index (κ3) is 3.09. The molecule has 0 radical (unpaired) electrons. The number of hydrogen-bond acceptors (Lipinski definition) is 4. The van der Waals surface area contributed by atoms with Gasteiger partial charge in [0, 0.05) is 31.1 Å². The summed E-state index contributed by atoms with van der Waals surface area (Å²) in [6.45, 7) is 0. The highest BCUT2D eigenvalue weighted by molar-refractivity contribution is 5.78. The summed E-state index contributed by atoms with van der Waals surface area (Å²) in [5.41, 5.74) is 2.00. The normalized spacial score (nSPS) is 20.3. The van der Waals surface area contributed by atoms with Crippen LogP contribution < -0.4 is 0 Å². The molecule has 1 saturated carbocycles. The van der Waals surface area contributed by atoms with E-state index in [0.29, 0.717) is 31.0 Å². The van der Waals surface area contributed by atoms with Crippen molar-refractivity contribution in [2.24, 2.45) is 5.92 Å². The molecule has 2 heterocycles. The Labute approximate surface area is 131 Å². The molecule has 0 unspecified atom stereocenters. The van der Waals surface area contributed by atoms with Gasteiger partial charge in [-0.1, -0.05) is 17.3 Å². The molecule has 0 bridgehead atoms. The fourth-order valence-corrected chi connectivity index (χ4v) is 3.18. The standard InChI is InChI=1S/C16H16F2N4O/c17-16(18)4-3-11(8-16)7-15-20-14(22-23-15)6-10-1-2-12-9-19-21-13(12)5-10/h1-2,5,9,11H,3-4,6-8H2,(H,19,21)/t11-/m1/s1. The molecule has 1 aliphatic rings. The molecule has 120 valence electrons. The minimum absolute atomic E-state index is 0.0388. The second-order valence-electron chi connectivity index (χ2n) is 6.24. The first-order valence-corrected chi connectivity index (χ1v) is 7.69. The van der Waals surface area contributed by atoms with Crippen LogP contribution in [0.15, 0.2) is 28.9 Å². The predicted octanol–water partition coefficient (Wildman–Crippen LogP) is 3.51. The summed E-state index contributed by atoms with van der Waals surface area (Å²) in [6, 6.07) is 5.97. The van der Waals surface area contributed by atoms with Crippen molar-refractivity contribution in [3.8, 4) is 0 Å². The van der Waals surface area contributed by atoms with Crippen molar-refractivity contribution < 1.29 is 13.3 Å². The monoisotopic (exact) mass is 318 g/mol. The van der Waals surface area contributed by atoms with Crippen molar-refractivity contribution in [3.63, 3.8) is 0 Å². The van der Waals surface area contributed by atoms with Crippen LogP contribution in [0, 0.1) is 5.92 Å². The molecule has 3 aromatic rings. The first-order chi connectivity index (χ1) is 11.1. The number of hydrogen-bond donors (Lipinski definition) is 1. The van der Waals surface area contributed by atoms with Crippen LogP contribution in [-0.2, 0) is 12.8 Å². The Hall–Kier alpha value is -2.31. The maximum absolute atomic E-state index is 13.2. The molecule has 1 fully saturated rings. The number of rotatable bonds is 4. The Morgan fingerprint density at radius 1 is 1.35 bits per heavy atom. The Bertz CT molecular complexity index is 826. The van der Waals surface area contributed by atoms with Gasteiger partial charge in [-0.3, -0.25) is 5.10 Å². The van der Waals surface area contributed by atoms with E-state index in [1.807, 2.05) is 18.2 Å². The van der Waals surface area contributed by atoms with Gasteiger partial charge in [0.05, 0.1) is 11.7 Å². The molecule has 1 aromatic carbocycles. The van der Waals surface area contributed by atoms with Crippen LogP contribution in [0.1, 0.15) is 36.5 Å². The molecule has 2 aromatic heterocycles. The fourth-order valence-electron chi connectivity index (χ4n) is 3.18. The number of nitrogens with zero attached hydrogens (tertiary/aromatic N) is 3. The Morgan fingerprint density at radius 2 is 2.26 bits per heavy atom. The van der Waals surface area contributed by atoms with Crippen molar-refractivity contribution in [2.45, 2.75) is 38.0 Å². The molecule has 1 N–H and O–H groups in total. The highest BCUT2D eigenvalue weighted by atomic mass is 19.3. The lowest BCUT2D eigenvalue weighted by Crippen LogP contribution is -2.10. The van der Waals surface area contributed by atoms with Gasteiger partial charge in [-0.25, -0.2) is 8.78 Å². The number of alkyl halides is 2. The van der Waals surface area contributed by atoms with E-state index in [2.05, 4.69) is 20.3 Å². The summed E-state index contributed by atoms with van der Waals surface area (Å²) in [5.74, 6) is -1.58. The molecule has 5 nitrogen and oxygen atoms in total. The zero-order valence-corrected chi connectivity index (χ0v) is 12.4. The average Bonchev–Trinajstić information content (AvgIpc) is 3.20. The van der Waals surface area contributed by atoms with E-state index in [9.17, 15) is 8.78 Å². The van der Waals surface area contributed by atoms with Crippen LogP contribution in [-0.4, -0.2) is 26.3 Å². The van der Waals surface area contributed by atoms with Gasteiger partial charge in [0.25, 0.3) is 0 Å². The molecular formula is C16H16F2N4O. The number of halogens is 2. The summed E-state index contributed by atoms with van der Waals surface area (Å²) in [5, 5.41) is 11.9. The number of benzene rings is 1. The van der Waals surface area contributed by atoms with Gasteiger partial charge in [-0.15, -0.1) is 0 Å². The predicted molar refractivity (Wildman–Crippen MR) is 79.2 cm³/mol. The van der Waals surface area contributed by atoms with Crippen LogP contribution in [0.3, 0.4) is 0 Å². The smallest absolute Gasteiger partial charge is 0.248 e. The molecule has 0 spiro atoms. The second-order valence-corrected chi connectivity index (χ2v) is 6.24. The molecule has 1 aliphatic carbocycles. The quantitative estimate of drug-likeness (QED) is 0.799. The summed E-state index contributed by atoms with van der Waals surface area (Å²) < 4.78 is 31.6. The van der Waals surface area contributed by atoms with Crippen molar-refractivity contribution in [2.75, 3.05) is 0 Å². The third-order valence-electron chi connectivity index (χ3n) is 4.35. The maximum Gasteiger partial charge on any atom is 0.248 e. The van der Waals surface area contributed by atoms with Gasteiger partial charge >= 0.3 is 0 Å². The van der Waals surface area contributed by atoms with E-state index in [4.69, 9.17) is 4.52 Å². The Morgan fingerprint density at radius 3 is 3.09 bits per heavy atom. The first-order valence-electron chi connectivity index (χ1n) is 7.69. The van der Waals surface area contributed by atoms with Gasteiger partial charge in [-0.2, -0.15) is 10.1 Å². The van der Waals surface area contributed by atoms with Crippen LogP contribution >= 0.6 is 0 Å². The summed E-state index contributed by atoms with van der Waals surface area (Å²) >= 11 is 0. The van der Waals surface area contributed by atoms with E-state index in [0.717, 1.165) is 16.5 Å². The molecule has 23 heavy (non-hydrogen) atoms. The van der Waals surface area contributed by atoms with Gasteiger partial charge in [0.2, 0.25) is 11.8 Å². The first kappa shape index (κ1) is 14.3. The number of aromatic nitrogens is 4. The van der Waals surface area contributed by atoms with Crippen molar-refractivity contribution in [3.05, 3.63) is 41.7 Å². The minimum atomic E-state index is -2.53. The van der Waals surface area contributed by atoms with Gasteiger partial charge in [0.1, 0.15) is 0 Å². The average molecular weight is 318 g/mol. The summed E-state index contributed by atoms with van der Waals surface area (Å²) in [7, 11) is 0. The van der Waals surface area contributed by atoms with Crippen LogP contribution in [0.25, 0.3) is 10.9 Å². The minimum Gasteiger partial charge on any atom is -0.339 e. The van der Waals surface area contributed by atoms with Crippen LogP contribution in [0.5, 0.6) is 0 Å². The van der Waals surface area contributed by atoms with Crippen molar-refractivity contribution in [1.29, 1.82) is 0 Å². The van der Waals surface area contributed by atoms with Crippen molar-refractivity contribution in [1.82, 2.24) is 20.3 Å². The fraction of sp³-hybridized carbons (Fsp3) is 0.438. The van der Waals surface area contributed by atoms with E-state index in [1.54, 1.807) is 6.20 Å². The maximum atomic E-state index is 13.2. The van der Waals surface area contributed by atoms with Crippen LogP contribution in [0.2, 0.25) is 0 Å². The molecule has 0 saturated heterocycles. The number of aromatic amines is 1. The molecule has 4 rings (SSSR count). The molecular weight excluding hydrogens is 302 g/mol. The highest BCUT2D eigenvalue weighted by Gasteiger charge is 2.39. The van der Waals surface area contributed by atoms with Gasteiger partial charge < -0.3 is 4.52 Å². The summed E-state index contributed by atoms with van der Waals surface area (Å²) in [6.07, 6.45) is 3.13. The van der Waals surface area contributed by atoms with Crippen LogP contribution in [0.4, 0.5) is 8.78 Å².